The normalized spacial score (nSPS) is 10.8. The van der Waals surface area contributed by atoms with Crippen molar-refractivity contribution in [1.82, 2.24) is 9.94 Å². The second-order valence-electron chi connectivity index (χ2n) is 2.71. The Morgan fingerprint density at radius 1 is 1.57 bits per heavy atom. The molecule has 0 unspecified atom stereocenters. The molecule has 2 rings (SSSR count). The Kier molecular flexibility index (Phi) is 2.07. The molecule has 1 aromatic carbocycles. The average Bonchev–Trinajstić information content (AvgIpc) is 2.45. The van der Waals surface area contributed by atoms with Crippen LogP contribution in [0, 0.1) is 5.82 Å². The molecule has 2 aromatic rings. The lowest BCUT2D eigenvalue weighted by Crippen LogP contribution is -2.21. The van der Waals surface area contributed by atoms with Gasteiger partial charge >= 0.3 is 5.56 Å². The Hall–Kier alpha value is -1.30. The highest BCUT2D eigenvalue weighted by Gasteiger charge is 2.09. The number of H-pyrrole nitrogens is 1. The number of hydrogen-bond acceptors (Lipinski definition) is 2. The zero-order chi connectivity index (χ0) is 10.3. The molecule has 0 aliphatic carbocycles. The lowest BCUT2D eigenvalue weighted by molar-refractivity contribution is 0.128. The minimum absolute atomic E-state index is 0.254. The van der Waals surface area contributed by atoms with Crippen LogP contribution in [0.25, 0.3) is 10.9 Å². The van der Waals surface area contributed by atoms with Crippen LogP contribution in [0.5, 0.6) is 0 Å². The van der Waals surface area contributed by atoms with E-state index in [1.807, 2.05) is 0 Å². The van der Waals surface area contributed by atoms with Gasteiger partial charge in [0.05, 0.1) is 15.4 Å². The minimum Gasteiger partial charge on any atom is -0.398 e. The molecular weight excluding hydrogens is 255 g/mol. The first-order valence-corrected chi connectivity index (χ1v) is 4.57. The number of benzene rings is 1. The average molecular weight is 261 g/mol. The van der Waals surface area contributed by atoms with E-state index in [9.17, 15) is 9.18 Å². The van der Waals surface area contributed by atoms with Crippen LogP contribution >= 0.6 is 15.9 Å². The Labute approximate surface area is 86.3 Å². The summed E-state index contributed by atoms with van der Waals surface area (Å²) in [5.41, 5.74) is 0.0563. The molecule has 4 nitrogen and oxygen atoms in total. The Bertz CT molecular complexity index is 546. The van der Waals surface area contributed by atoms with Crippen LogP contribution in [0.2, 0.25) is 0 Å². The number of aromatic nitrogens is 2. The van der Waals surface area contributed by atoms with Gasteiger partial charge in [-0.2, -0.15) is 0 Å². The third-order valence-electron chi connectivity index (χ3n) is 1.88. The van der Waals surface area contributed by atoms with Crippen LogP contribution < -0.4 is 10.4 Å². The molecule has 14 heavy (non-hydrogen) atoms. The molecule has 1 heterocycles. The van der Waals surface area contributed by atoms with E-state index in [1.165, 1.54) is 19.2 Å². The summed E-state index contributed by atoms with van der Waals surface area (Å²) in [5, 5.41) is 2.98. The van der Waals surface area contributed by atoms with E-state index in [4.69, 9.17) is 4.84 Å². The van der Waals surface area contributed by atoms with Gasteiger partial charge in [0, 0.05) is 6.07 Å². The molecule has 0 aliphatic heterocycles. The monoisotopic (exact) mass is 260 g/mol. The summed E-state index contributed by atoms with van der Waals surface area (Å²) >= 11 is 3.00. The van der Waals surface area contributed by atoms with Crippen molar-refractivity contribution < 1.29 is 9.23 Å². The quantitative estimate of drug-likeness (QED) is 0.840. The van der Waals surface area contributed by atoms with Gasteiger partial charge in [0.1, 0.15) is 12.9 Å². The second kappa shape index (κ2) is 3.13. The summed E-state index contributed by atoms with van der Waals surface area (Å²) in [4.78, 5) is 17.1. The largest absolute Gasteiger partial charge is 0.398 e. The van der Waals surface area contributed by atoms with E-state index in [-0.39, 0.29) is 10.0 Å². The molecule has 74 valence electrons. The summed E-state index contributed by atoms with van der Waals surface area (Å²) in [6.07, 6.45) is 0. The van der Waals surface area contributed by atoms with E-state index in [1.54, 1.807) is 0 Å². The summed E-state index contributed by atoms with van der Waals surface area (Å²) in [7, 11) is 1.35. The molecule has 0 radical (unpaired) electrons. The highest BCUT2D eigenvalue weighted by molar-refractivity contribution is 9.10. The molecule has 0 fully saturated rings. The zero-order valence-electron chi connectivity index (χ0n) is 7.17. The predicted octanol–water partition coefficient (Wildman–Crippen LogP) is 1.29. The lowest BCUT2D eigenvalue weighted by atomic mass is 10.2. The van der Waals surface area contributed by atoms with Crippen molar-refractivity contribution in [2.45, 2.75) is 0 Å². The summed E-state index contributed by atoms with van der Waals surface area (Å²) in [6, 6.07) is 2.65. The number of aromatic amines is 1. The predicted molar refractivity (Wildman–Crippen MR) is 52.7 cm³/mol. The molecule has 0 aliphatic rings. The van der Waals surface area contributed by atoms with Crippen LogP contribution in [0.3, 0.4) is 0 Å². The van der Waals surface area contributed by atoms with Gasteiger partial charge in [-0.15, -0.1) is 0 Å². The Morgan fingerprint density at radius 3 is 2.93 bits per heavy atom. The molecule has 0 bridgehead atoms. The second-order valence-corrected chi connectivity index (χ2v) is 3.56. The summed E-state index contributed by atoms with van der Waals surface area (Å²) < 4.78 is 13.3. The van der Waals surface area contributed by atoms with Crippen molar-refractivity contribution in [3.63, 3.8) is 0 Å². The minimum atomic E-state index is -0.429. The fraction of sp³-hybridized carbons (Fsp3) is 0.125. The molecule has 1 N–H and O–H groups in total. The van der Waals surface area contributed by atoms with Crippen LogP contribution in [0.4, 0.5) is 4.39 Å². The first kappa shape index (κ1) is 9.26. The maximum Gasteiger partial charge on any atom is 0.310 e. The number of nitrogens with one attached hydrogen (secondary N) is 1. The number of rotatable bonds is 1. The fourth-order valence-corrected chi connectivity index (χ4v) is 1.56. The molecule has 0 atom stereocenters. The third kappa shape index (κ3) is 1.22. The van der Waals surface area contributed by atoms with Gasteiger partial charge in [-0.25, -0.2) is 4.39 Å². The molecular formula is C8H6BrFN2O2. The van der Waals surface area contributed by atoms with Gasteiger partial charge in [-0.1, -0.05) is 4.85 Å². The van der Waals surface area contributed by atoms with Gasteiger partial charge in [0.25, 0.3) is 0 Å². The van der Waals surface area contributed by atoms with Gasteiger partial charge in [-0.05, 0) is 22.0 Å². The summed E-state index contributed by atoms with van der Waals surface area (Å²) in [5.74, 6) is -0.429. The topological polar surface area (TPSA) is 47.0 Å². The Morgan fingerprint density at radius 2 is 2.29 bits per heavy atom. The van der Waals surface area contributed by atoms with Crippen molar-refractivity contribution >= 4 is 26.8 Å². The van der Waals surface area contributed by atoms with E-state index in [2.05, 4.69) is 21.0 Å². The molecule has 0 saturated heterocycles. The molecule has 6 heteroatoms. The zero-order valence-corrected chi connectivity index (χ0v) is 8.76. The van der Waals surface area contributed by atoms with Gasteiger partial charge in [0.15, 0.2) is 0 Å². The highest BCUT2D eigenvalue weighted by atomic mass is 79.9. The van der Waals surface area contributed by atoms with Crippen LogP contribution in [-0.2, 0) is 0 Å². The Balaban J connectivity index is 2.87. The van der Waals surface area contributed by atoms with E-state index in [0.29, 0.717) is 10.9 Å². The van der Waals surface area contributed by atoms with E-state index >= 15 is 0 Å². The van der Waals surface area contributed by atoms with Crippen molar-refractivity contribution in [1.29, 1.82) is 0 Å². The van der Waals surface area contributed by atoms with Crippen molar-refractivity contribution in [3.05, 3.63) is 32.8 Å². The van der Waals surface area contributed by atoms with Gasteiger partial charge < -0.3 is 4.84 Å². The number of fused-ring (bicyclic) bond motifs is 1. The SMILES string of the molecule is COn1[nH]c2cc(F)c(Br)cc2c1=O. The van der Waals surface area contributed by atoms with Gasteiger partial charge in [0.2, 0.25) is 0 Å². The first-order chi connectivity index (χ1) is 6.63. The molecule has 0 spiro atoms. The molecule has 1 aromatic heterocycles. The van der Waals surface area contributed by atoms with Gasteiger partial charge in [-0.3, -0.25) is 9.89 Å². The van der Waals surface area contributed by atoms with Crippen LogP contribution in [0.1, 0.15) is 0 Å². The van der Waals surface area contributed by atoms with Crippen LogP contribution in [-0.4, -0.2) is 17.1 Å². The van der Waals surface area contributed by atoms with Crippen molar-refractivity contribution in [3.8, 4) is 0 Å². The maximum atomic E-state index is 13.1. The fourth-order valence-electron chi connectivity index (χ4n) is 1.21. The molecule has 0 saturated carbocycles. The lowest BCUT2D eigenvalue weighted by Gasteiger charge is -1.93. The third-order valence-corrected chi connectivity index (χ3v) is 2.49. The van der Waals surface area contributed by atoms with E-state index in [0.717, 1.165) is 4.85 Å². The highest BCUT2D eigenvalue weighted by Crippen LogP contribution is 2.19. The van der Waals surface area contributed by atoms with E-state index < -0.39 is 5.82 Å². The number of nitrogens with zero attached hydrogens (tertiary/aromatic N) is 1. The summed E-state index contributed by atoms with van der Waals surface area (Å²) in [6.45, 7) is 0. The van der Waals surface area contributed by atoms with Crippen LogP contribution in [0.15, 0.2) is 21.4 Å². The standard InChI is InChI=1S/C8H6BrFN2O2/c1-14-12-8(13)4-2-5(9)6(10)3-7(4)11-12/h2-3,11H,1H3. The number of hydrogen-bond donors (Lipinski definition) is 1. The molecule has 0 amide bonds. The first-order valence-electron chi connectivity index (χ1n) is 3.77. The number of halogens is 2. The van der Waals surface area contributed by atoms with Crippen molar-refractivity contribution in [2.75, 3.05) is 7.11 Å². The maximum absolute atomic E-state index is 13.1. The smallest absolute Gasteiger partial charge is 0.310 e. The van der Waals surface area contributed by atoms with Crippen molar-refractivity contribution in [2.24, 2.45) is 0 Å².